The largest absolute Gasteiger partial charge is 0.460 e. The lowest BCUT2D eigenvalue weighted by molar-refractivity contribution is -0.151. The number of Topliss-reactive ketones (excluding diaryl/α,β-unsaturated/α-hetero) is 1. The molecule has 0 amide bonds. The summed E-state index contributed by atoms with van der Waals surface area (Å²) < 4.78 is 9.48. The zero-order valence-corrected chi connectivity index (χ0v) is 5.42. The number of carbonyl (C=O) groups is 2. The summed E-state index contributed by atoms with van der Waals surface area (Å²) in [6.45, 7) is 1.57. The number of ketones is 1. The molecule has 54 valence electrons. The number of hydrogen-bond acceptors (Lipinski definition) is 4. The Morgan fingerprint density at radius 1 is 1.80 bits per heavy atom. The number of fused-ring (bicyclic) bond motifs is 1. The van der Waals surface area contributed by atoms with Crippen molar-refractivity contribution < 1.29 is 19.1 Å². The summed E-state index contributed by atoms with van der Waals surface area (Å²) in [4.78, 5) is 21.6. The van der Waals surface area contributed by atoms with Gasteiger partial charge in [0.05, 0.1) is 0 Å². The van der Waals surface area contributed by atoms with E-state index in [0.29, 0.717) is 0 Å². The van der Waals surface area contributed by atoms with Crippen molar-refractivity contribution >= 4 is 11.8 Å². The summed E-state index contributed by atoms with van der Waals surface area (Å²) in [6.07, 6.45) is -0.294. The van der Waals surface area contributed by atoms with Gasteiger partial charge < -0.3 is 9.47 Å². The van der Waals surface area contributed by atoms with Crippen LogP contribution in [0, 0.1) is 0 Å². The minimum absolute atomic E-state index is 0.235. The fraction of sp³-hybridized carbons (Fsp3) is 0.667. The molecule has 0 N–H and O–H groups in total. The van der Waals surface area contributed by atoms with Crippen molar-refractivity contribution in [3.63, 3.8) is 0 Å². The normalized spacial score (nSPS) is 42.5. The van der Waals surface area contributed by atoms with Crippen LogP contribution in [0.15, 0.2) is 0 Å². The molecule has 2 unspecified atom stereocenters. The molecule has 4 nitrogen and oxygen atoms in total. The van der Waals surface area contributed by atoms with Gasteiger partial charge in [-0.05, 0) is 6.92 Å². The third-order valence-corrected chi connectivity index (χ3v) is 1.92. The maximum atomic E-state index is 10.8. The Morgan fingerprint density at radius 2 is 2.50 bits per heavy atom. The lowest BCUT2D eigenvalue weighted by Crippen LogP contribution is -2.30. The summed E-state index contributed by atoms with van der Waals surface area (Å²) in [7, 11) is 0. The molecule has 4 heteroatoms. The van der Waals surface area contributed by atoms with Gasteiger partial charge in [0.2, 0.25) is 0 Å². The third kappa shape index (κ3) is 0.419. The molecule has 2 aliphatic heterocycles. The van der Waals surface area contributed by atoms with Crippen molar-refractivity contribution in [1.29, 1.82) is 0 Å². The molecule has 2 atom stereocenters. The van der Waals surface area contributed by atoms with Crippen LogP contribution >= 0.6 is 0 Å². The van der Waals surface area contributed by atoms with E-state index in [1.54, 1.807) is 0 Å². The van der Waals surface area contributed by atoms with E-state index in [2.05, 4.69) is 4.74 Å². The minimum atomic E-state index is -1.18. The van der Waals surface area contributed by atoms with Crippen molar-refractivity contribution in [2.45, 2.75) is 18.6 Å². The first kappa shape index (κ1) is 5.85. The van der Waals surface area contributed by atoms with Gasteiger partial charge in [0.1, 0.15) is 12.7 Å². The van der Waals surface area contributed by atoms with Crippen LogP contribution in [0.1, 0.15) is 6.92 Å². The number of cyclic esters (lactones) is 1. The van der Waals surface area contributed by atoms with E-state index in [-0.39, 0.29) is 18.5 Å². The van der Waals surface area contributed by atoms with E-state index < -0.39 is 11.6 Å². The smallest absolute Gasteiger partial charge is 0.349 e. The van der Waals surface area contributed by atoms with Crippen LogP contribution in [0.2, 0.25) is 0 Å². The van der Waals surface area contributed by atoms with Crippen molar-refractivity contribution in [3.05, 3.63) is 0 Å². The first-order valence-corrected chi connectivity index (χ1v) is 3.04. The van der Waals surface area contributed by atoms with Gasteiger partial charge >= 0.3 is 5.97 Å². The number of esters is 1. The molecule has 0 saturated carbocycles. The molecule has 10 heavy (non-hydrogen) atoms. The highest BCUT2D eigenvalue weighted by Crippen LogP contribution is 2.43. The van der Waals surface area contributed by atoms with Crippen LogP contribution in [-0.2, 0) is 19.1 Å². The third-order valence-electron chi connectivity index (χ3n) is 1.92. The second-order valence-electron chi connectivity index (χ2n) is 2.50. The molecule has 2 heterocycles. The predicted molar refractivity (Wildman–Crippen MR) is 29.2 cm³/mol. The summed E-state index contributed by atoms with van der Waals surface area (Å²) in [6, 6.07) is 0. The molecule has 2 aliphatic rings. The first-order valence-electron chi connectivity index (χ1n) is 3.04. The lowest BCUT2D eigenvalue weighted by Gasteiger charge is -1.99. The summed E-state index contributed by atoms with van der Waals surface area (Å²) in [5.74, 6) is -0.773. The van der Waals surface area contributed by atoms with E-state index in [1.165, 1.54) is 6.92 Å². The van der Waals surface area contributed by atoms with E-state index >= 15 is 0 Å². The maximum Gasteiger partial charge on any atom is 0.349 e. The first-order chi connectivity index (χ1) is 4.68. The highest BCUT2D eigenvalue weighted by Gasteiger charge is 2.72. The zero-order valence-electron chi connectivity index (χ0n) is 5.42. The van der Waals surface area contributed by atoms with Crippen LogP contribution < -0.4 is 0 Å². The highest BCUT2D eigenvalue weighted by molar-refractivity contribution is 6.11. The van der Waals surface area contributed by atoms with Gasteiger partial charge in [-0.3, -0.25) is 4.79 Å². The molecule has 0 spiro atoms. The number of rotatable bonds is 1. The second-order valence-corrected chi connectivity index (χ2v) is 2.50. The molecule has 0 aromatic rings. The van der Waals surface area contributed by atoms with Gasteiger partial charge in [0.15, 0.2) is 5.78 Å². The number of ether oxygens (including phenoxy) is 2. The monoisotopic (exact) mass is 142 g/mol. The topological polar surface area (TPSA) is 55.9 Å². The molecule has 0 aromatic heterocycles. The molecule has 2 rings (SSSR count). The van der Waals surface area contributed by atoms with Crippen molar-refractivity contribution in [1.82, 2.24) is 0 Å². The molecule has 0 aromatic carbocycles. The van der Waals surface area contributed by atoms with E-state index in [0.717, 1.165) is 0 Å². The fourth-order valence-electron chi connectivity index (χ4n) is 1.23. The quantitative estimate of drug-likeness (QED) is 0.275. The summed E-state index contributed by atoms with van der Waals surface area (Å²) >= 11 is 0. The van der Waals surface area contributed by atoms with Crippen LogP contribution in [0.4, 0.5) is 0 Å². The number of hydrogen-bond donors (Lipinski definition) is 0. The maximum absolute atomic E-state index is 10.8. The van der Waals surface area contributed by atoms with Gasteiger partial charge in [-0.25, -0.2) is 4.79 Å². The van der Waals surface area contributed by atoms with Gasteiger partial charge in [0, 0.05) is 0 Å². The molecule has 2 fully saturated rings. The SMILES string of the molecule is CC(=O)C12OC1COC2=O. The van der Waals surface area contributed by atoms with Crippen LogP contribution in [0.5, 0.6) is 0 Å². The Bertz CT molecular complexity index is 222. The molecular weight excluding hydrogens is 136 g/mol. The average molecular weight is 142 g/mol. The number of epoxide rings is 1. The fourth-order valence-corrected chi connectivity index (χ4v) is 1.23. The van der Waals surface area contributed by atoms with Crippen LogP contribution in [0.3, 0.4) is 0 Å². The van der Waals surface area contributed by atoms with Crippen molar-refractivity contribution in [3.8, 4) is 0 Å². The van der Waals surface area contributed by atoms with Gasteiger partial charge in [-0.15, -0.1) is 0 Å². The average Bonchev–Trinajstić information content (AvgIpc) is 2.52. The van der Waals surface area contributed by atoms with E-state index in [1.807, 2.05) is 0 Å². The van der Waals surface area contributed by atoms with E-state index in [9.17, 15) is 9.59 Å². The van der Waals surface area contributed by atoms with Gasteiger partial charge in [-0.2, -0.15) is 0 Å². The van der Waals surface area contributed by atoms with Crippen LogP contribution in [-0.4, -0.2) is 30.1 Å². The Hall–Kier alpha value is -0.900. The molecule has 0 radical (unpaired) electrons. The van der Waals surface area contributed by atoms with Crippen molar-refractivity contribution in [2.24, 2.45) is 0 Å². The van der Waals surface area contributed by atoms with Crippen molar-refractivity contribution in [2.75, 3.05) is 6.61 Å². The Labute approximate surface area is 57.1 Å². The van der Waals surface area contributed by atoms with Crippen LogP contribution in [0.25, 0.3) is 0 Å². The highest BCUT2D eigenvalue weighted by atomic mass is 16.7. The second kappa shape index (κ2) is 1.40. The zero-order chi connectivity index (χ0) is 7.35. The van der Waals surface area contributed by atoms with Gasteiger partial charge in [-0.1, -0.05) is 0 Å². The van der Waals surface area contributed by atoms with Gasteiger partial charge in [0.25, 0.3) is 5.60 Å². The molecular formula is C6H6O4. The summed E-state index contributed by atoms with van der Waals surface area (Å²) in [5.41, 5.74) is -1.18. The van der Waals surface area contributed by atoms with E-state index in [4.69, 9.17) is 4.74 Å². The summed E-state index contributed by atoms with van der Waals surface area (Å²) in [5, 5.41) is 0. The Kier molecular flexibility index (Phi) is 0.817. The molecule has 2 saturated heterocycles. The predicted octanol–water partition coefficient (Wildman–Crippen LogP) is -0.730. The molecule has 0 bridgehead atoms. The molecule has 0 aliphatic carbocycles. The standard InChI is InChI=1S/C6H6O4/c1-3(7)6-4(10-6)2-9-5(6)8/h4H,2H2,1H3. The minimum Gasteiger partial charge on any atom is -0.460 e. The Morgan fingerprint density at radius 3 is 2.70 bits per heavy atom. The Balaban J connectivity index is 2.33. The number of carbonyl (C=O) groups excluding carboxylic acids is 2. The lowest BCUT2D eigenvalue weighted by atomic mass is 10.0.